The molecule has 0 aromatic carbocycles. The minimum Gasteiger partial charge on any atom is -1.00 e. The average molecular weight is 761 g/mol. The fourth-order valence-electron chi connectivity index (χ4n) is 8.01. The van der Waals surface area contributed by atoms with Gasteiger partial charge >= 0.3 is 0 Å². The normalized spacial score (nSPS) is 18.2. The van der Waals surface area contributed by atoms with Gasteiger partial charge in [-0.1, -0.05) is 168 Å². The molecule has 0 amide bonds. The van der Waals surface area contributed by atoms with Gasteiger partial charge in [0.15, 0.2) is 0 Å². The van der Waals surface area contributed by atoms with E-state index in [4.69, 9.17) is 0 Å². The zero-order chi connectivity index (χ0) is 33.7. The lowest BCUT2D eigenvalue weighted by Gasteiger charge is -2.45. The lowest BCUT2D eigenvalue weighted by atomic mass is 10.0. The zero-order valence-electron chi connectivity index (χ0n) is 33.4. The van der Waals surface area contributed by atoms with E-state index in [9.17, 15) is 0 Å². The van der Waals surface area contributed by atoms with Gasteiger partial charge in [-0.25, -0.2) is 8.61 Å². The summed E-state index contributed by atoms with van der Waals surface area (Å²) in [7, 11) is 5.07. The Morgan fingerprint density at radius 3 is 0.792 bits per heavy atom. The van der Waals surface area contributed by atoms with Crippen LogP contribution in [-0.2, 0) is 0 Å². The predicted molar refractivity (Wildman–Crippen MR) is 213 cm³/mol. The molecule has 2 aliphatic heterocycles. The van der Waals surface area contributed by atoms with E-state index in [0.29, 0.717) is 0 Å². The van der Waals surface area contributed by atoms with E-state index in [-0.39, 0.29) is 17.0 Å². The van der Waals surface area contributed by atoms with Gasteiger partial charge in [0.1, 0.15) is 0 Å². The summed E-state index contributed by atoms with van der Waals surface area (Å²) in [5.74, 6) is 0. The van der Waals surface area contributed by atoms with E-state index in [1.165, 1.54) is 254 Å². The van der Waals surface area contributed by atoms with Crippen molar-refractivity contribution in [1.29, 1.82) is 0 Å². The van der Waals surface area contributed by atoms with E-state index >= 15 is 0 Å². The van der Waals surface area contributed by atoms with Crippen LogP contribution in [0.2, 0.25) is 0 Å². The van der Waals surface area contributed by atoms with Crippen LogP contribution in [0.5, 0.6) is 0 Å². The summed E-state index contributed by atoms with van der Waals surface area (Å²) in [5, 5.41) is 0. The Morgan fingerprint density at radius 2 is 0.562 bits per heavy atom. The number of unbranched alkanes of at least 4 members (excludes halogenated alkanes) is 26. The van der Waals surface area contributed by atoms with Crippen molar-refractivity contribution in [3.8, 4) is 0 Å². The van der Waals surface area contributed by atoms with E-state index in [0.717, 1.165) is 0 Å². The number of halogens is 1. The first-order valence-electron chi connectivity index (χ1n) is 21.8. The van der Waals surface area contributed by atoms with Crippen LogP contribution in [0.1, 0.15) is 194 Å². The lowest BCUT2D eigenvalue weighted by molar-refractivity contribution is -0.913. The Hall–Kier alpha value is 0.670. The molecular formula is C42H88BrN4S+. The van der Waals surface area contributed by atoms with Gasteiger partial charge < -0.3 is 25.9 Å². The summed E-state index contributed by atoms with van der Waals surface area (Å²) >= 11 is 2.09. The Morgan fingerprint density at radius 1 is 0.354 bits per heavy atom. The molecule has 0 saturated carbocycles. The first kappa shape index (κ1) is 46.7. The molecule has 0 aromatic rings. The van der Waals surface area contributed by atoms with Crippen molar-refractivity contribution in [2.75, 3.05) is 79.5 Å². The maximum atomic E-state index is 2.69. The Balaban J connectivity index is 0.0000115. The number of piperazine rings is 2. The maximum Gasteiger partial charge on any atom is 0.0924 e. The number of likely N-dealkylation sites (N-methyl/N-ethyl adjacent to an activating group) is 2. The molecule has 0 aliphatic carbocycles. The molecule has 2 aliphatic rings. The molecule has 4 nitrogen and oxygen atoms in total. The summed E-state index contributed by atoms with van der Waals surface area (Å²) in [5.41, 5.74) is 0. The Labute approximate surface area is 318 Å². The van der Waals surface area contributed by atoms with Crippen molar-refractivity contribution >= 4 is 12.1 Å². The molecule has 288 valence electrons. The third kappa shape index (κ3) is 24.8. The van der Waals surface area contributed by atoms with E-state index in [1.807, 2.05) is 0 Å². The molecule has 2 saturated heterocycles. The monoisotopic (exact) mass is 760 g/mol. The molecule has 6 heteroatoms. The highest BCUT2D eigenvalue weighted by Crippen LogP contribution is 2.25. The second-order valence-electron chi connectivity index (χ2n) is 16.7. The average Bonchev–Trinajstić information content (AvgIpc) is 3.07. The number of rotatable bonds is 32. The van der Waals surface area contributed by atoms with Crippen molar-refractivity contribution in [1.82, 2.24) is 8.61 Å². The molecule has 2 fully saturated rings. The summed E-state index contributed by atoms with van der Waals surface area (Å²) in [6.07, 6.45) is 40.8. The van der Waals surface area contributed by atoms with Gasteiger partial charge in [-0.2, -0.15) is 0 Å². The topological polar surface area (TPSA) is 6.48 Å². The first-order valence-corrected chi connectivity index (χ1v) is 22.6. The molecule has 2 rings (SSSR count). The summed E-state index contributed by atoms with van der Waals surface area (Å²) < 4.78 is 8.00. The minimum atomic E-state index is 0. The van der Waals surface area contributed by atoms with Crippen LogP contribution in [0.15, 0.2) is 0 Å². The van der Waals surface area contributed by atoms with Crippen LogP contribution >= 0.6 is 12.1 Å². The van der Waals surface area contributed by atoms with Gasteiger partial charge in [0.05, 0.1) is 79.5 Å². The molecule has 0 aromatic heterocycles. The highest BCUT2D eigenvalue weighted by atomic mass is 79.9. The predicted octanol–water partition coefficient (Wildman–Crippen LogP) is 9.04. The molecule has 0 N–H and O–H groups in total. The standard InChI is InChI=1S/C42H88N4S.BrH/c1-5-7-9-11-13-15-17-19-21-23-25-27-29-31-37-45(3)39-33-43(34-40-45)47-44-35-41-46(4,42-36-44)38-32-30-28-26-24-22-20-18-16-14-12-10-8-6-2;/h5-42H2,1-4H3;1H/q+2;/p-1. The van der Waals surface area contributed by atoms with Gasteiger partial charge in [-0.05, 0) is 25.7 Å². The van der Waals surface area contributed by atoms with Crippen LogP contribution in [0.4, 0.5) is 0 Å². The van der Waals surface area contributed by atoms with Gasteiger partial charge in [-0.3, -0.25) is 0 Å². The SMILES string of the molecule is CCCCCCCCCCCCCCCC[N+]1(C)CCN(SN2CC[N+](C)(CCCCCCCCCCCCCCCC)CC2)CC1.[Br-]. The Kier molecular flexibility index (Phi) is 30.4. The van der Waals surface area contributed by atoms with Crippen molar-refractivity contribution in [3.05, 3.63) is 0 Å². The molecule has 48 heavy (non-hydrogen) atoms. The smallest absolute Gasteiger partial charge is 0.0924 e. The second-order valence-corrected chi connectivity index (χ2v) is 17.9. The van der Waals surface area contributed by atoms with Gasteiger partial charge in [0.25, 0.3) is 0 Å². The van der Waals surface area contributed by atoms with Crippen LogP contribution in [0, 0.1) is 0 Å². The lowest BCUT2D eigenvalue weighted by Crippen LogP contribution is -3.00. The van der Waals surface area contributed by atoms with Crippen LogP contribution in [0.25, 0.3) is 0 Å². The first-order chi connectivity index (χ1) is 23.0. The van der Waals surface area contributed by atoms with E-state index < -0.39 is 0 Å². The number of hydrogen-bond acceptors (Lipinski definition) is 3. The largest absolute Gasteiger partial charge is 1.00 e. The zero-order valence-corrected chi connectivity index (χ0v) is 35.8. The molecular weight excluding hydrogens is 672 g/mol. The van der Waals surface area contributed by atoms with Gasteiger partial charge in [-0.15, -0.1) is 0 Å². The minimum absolute atomic E-state index is 0. The third-order valence-corrected chi connectivity index (χ3v) is 13.1. The highest BCUT2D eigenvalue weighted by Gasteiger charge is 2.33. The molecule has 2 heterocycles. The fourth-order valence-corrected chi connectivity index (χ4v) is 8.99. The number of hydrogen-bond donors (Lipinski definition) is 0. The van der Waals surface area contributed by atoms with Crippen LogP contribution < -0.4 is 17.0 Å². The van der Waals surface area contributed by atoms with E-state index in [1.54, 1.807) is 0 Å². The van der Waals surface area contributed by atoms with Crippen molar-refractivity contribution in [2.24, 2.45) is 0 Å². The van der Waals surface area contributed by atoms with Crippen molar-refractivity contribution < 1.29 is 25.9 Å². The second kappa shape index (κ2) is 31.2. The molecule has 0 radical (unpaired) electrons. The number of nitrogens with zero attached hydrogens (tertiary/aromatic N) is 4. The third-order valence-electron chi connectivity index (χ3n) is 11.9. The van der Waals surface area contributed by atoms with Crippen LogP contribution in [0.3, 0.4) is 0 Å². The Bertz CT molecular complexity index is 623. The fraction of sp³-hybridized carbons (Fsp3) is 1.00. The molecule has 0 atom stereocenters. The summed E-state index contributed by atoms with van der Waals surface area (Å²) in [6.45, 7) is 17.8. The molecule has 0 spiro atoms. The van der Waals surface area contributed by atoms with Gasteiger partial charge in [0.2, 0.25) is 0 Å². The van der Waals surface area contributed by atoms with E-state index in [2.05, 4.69) is 48.7 Å². The summed E-state index contributed by atoms with van der Waals surface area (Å²) in [4.78, 5) is 0. The number of quaternary nitrogens is 2. The maximum absolute atomic E-state index is 2.69. The summed E-state index contributed by atoms with van der Waals surface area (Å²) in [6, 6.07) is 0. The highest BCUT2D eigenvalue weighted by molar-refractivity contribution is 7.94. The quantitative estimate of drug-likeness (QED) is 0.0384. The molecule has 0 unspecified atom stereocenters. The van der Waals surface area contributed by atoms with Crippen molar-refractivity contribution in [2.45, 2.75) is 194 Å². The molecule has 0 bridgehead atoms. The van der Waals surface area contributed by atoms with Crippen LogP contribution in [-0.4, -0.2) is 97.1 Å². The van der Waals surface area contributed by atoms with Crippen molar-refractivity contribution in [3.63, 3.8) is 0 Å². The van der Waals surface area contributed by atoms with Gasteiger partial charge in [0, 0.05) is 12.1 Å².